The molecule has 0 bridgehead atoms. The van der Waals surface area contributed by atoms with Crippen molar-refractivity contribution in [3.05, 3.63) is 56.7 Å². The Morgan fingerprint density at radius 3 is 2.81 bits per heavy atom. The molecule has 1 N–H and O–H groups in total. The number of ether oxygens (including phenoxy) is 3. The molecule has 0 amide bonds. The molecule has 36 heavy (non-hydrogen) atoms. The van der Waals surface area contributed by atoms with E-state index in [1.165, 1.54) is 28.6 Å². The minimum atomic E-state index is -0.398. The highest BCUT2D eigenvalue weighted by molar-refractivity contribution is 7.25. The number of H-pyrrole nitrogens is 1. The minimum Gasteiger partial charge on any atom is -0.496 e. The van der Waals surface area contributed by atoms with Crippen molar-refractivity contribution in [1.29, 1.82) is 0 Å². The Morgan fingerprint density at radius 1 is 1.11 bits per heavy atom. The van der Waals surface area contributed by atoms with E-state index in [1.807, 2.05) is 24.3 Å². The van der Waals surface area contributed by atoms with Crippen molar-refractivity contribution in [1.82, 2.24) is 19.4 Å². The van der Waals surface area contributed by atoms with E-state index in [-0.39, 0.29) is 5.56 Å². The molecule has 1 fully saturated rings. The molecule has 0 unspecified atom stereocenters. The summed E-state index contributed by atoms with van der Waals surface area (Å²) in [5.74, 6) is 3.12. The fourth-order valence-electron chi connectivity index (χ4n) is 5.57. The molecule has 6 rings (SSSR count). The van der Waals surface area contributed by atoms with Crippen LogP contribution in [0.2, 0.25) is 0 Å². The second-order valence-electron chi connectivity index (χ2n) is 9.41. The number of nitrogens with one attached hydrogen (secondary N) is 1. The third-order valence-corrected chi connectivity index (χ3v) is 8.46. The number of methoxy groups -OCH3 is 2. The molecular formula is C26H28N4O5S. The number of nitrogens with zero attached hydrogens (tertiary/aromatic N) is 3. The first-order chi connectivity index (χ1) is 17.6. The van der Waals surface area contributed by atoms with Gasteiger partial charge in [-0.3, -0.25) is 9.36 Å². The number of hydrogen-bond donors (Lipinski definition) is 1. The maximum Gasteiger partial charge on any atom is 0.328 e. The number of thiophene rings is 1. The number of hydrogen-bond acceptors (Lipinski definition) is 8. The molecule has 0 saturated carbocycles. The second-order valence-corrected chi connectivity index (χ2v) is 10.5. The molecular weight excluding hydrogens is 480 g/mol. The second kappa shape index (κ2) is 9.25. The number of fused-ring (bicyclic) bond motifs is 6. The van der Waals surface area contributed by atoms with E-state index in [9.17, 15) is 9.59 Å². The summed E-state index contributed by atoms with van der Waals surface area (Å²) < 4.78 is 19.5. The van der Waals surface area contributed by atoms with Crippen LogP contribution in [0, 0.1) is 5.92 Å². The van der Waals surface area contributed by atoms with Gasteiger partial charge < -0.3 is 24.1 Å². The number of benzene rings is 1. The lowest BCUT2D eigenvalue weighted by Gasteiger charge is -2.29. The van der Waals surface area contributed by atoms with Gasteiger partial charge in [0.2, 0.25) is 5.88 Å². The SMILES string of the molecule is COc1ccc2sc3c(=O)n(CCCCN4C[C@@H]5COc6cccc(OC)c6[C@H]5C4)c(=O)[nH]c3c2n1. The number of likely N-dealkylation sites (tertiary alicyclic amines) is 1. The van der Waals surface area contributed by atoms with E-state index in [0.717, 1.165) is 55.3 Å². The molecule has 0 aliphatic carbocycles. The van der Waals surface area contributed by atoms with Gasteiger partial charge >= 0.3 is 5.69 Å². The van der Waals surface area contributed by atoms with Gasteiger partial charge in [0.25, 0.3) is 5.56 Å². The van der Waals surface area contributed by atoms with Crippen LogP contribution < -0.4 is 25.5 Å². The van der Waals surface area contributed by atoms with Crippen molar-refractivity contribution in [3.63, 3.8) is 0 Å². The Kier molecular flexibility index (Phi) is 5.93. The van der Waals surface area contributed by atoms with Crippen molar-refractivity contribution in [2.24, 2.45) is 5.92 Å². The van der Waals surface area contributed by atoms with Gasteiger partial charge in [0.05, 0.1) is 31.0 Å². The smallest absolute Gasteiger partial charge is 0.328 e. The monoisotopic (exact) mass is 508 g/mol. The standard InChI is InChI=1S/C26H28N4O5S/c1-33-17-6-5-7-18-21(17)16-13-29(12-15(16)14-35-18)10-3-4-11-30-25(31)24-23(28-26(30)32)22-19(36-24)8-9-20(27-22)34-2/h5-9,15-16H,3-4,10-14H2,1-2H3,(H,28,32)/t15-,16+/m1/s1. The van der Waals surface area contributed by atoms with E-state index in [0.29, 0.717) is 40.0 Å². The maximum absolute atomic E-state index is 13.1. The van der Waals surface area contributed by atoms with E-state index >= 15 is 0 Å². The quantitative estimate of drug-likeness (QED) is 0.383. The zero-order chi connectivity index (χ0) is 24.8. The number of pyridine rings is 1. The zero-order valence-electron chi connectivity index (χ0n) is 20.3. The first kappa shape index (κ1) is 23.1. The highest BCUT2D eigenvalue weighted by Crippen LogP contribution is 2.46. The van der Waals surface area contributed by atoms with Crippen LogP contribution >= 0.6 is 11.3 Å². The van der Waals surface area contributed by atoms with Crippen molar-refractivity contribution in [2.75, 3.05) is 40.5 Å². The summed E-state index contributed by atoms with van der Waals surface area (Å²) in [7, 11) is 3.25. The molecule has 10 heteroatoms. The molecule has 3 aromatic heterocycles. The van der Waals surface area contributed by atoms with Crippen LogP contribution in [-0.4, -0.2) is 59.9 Å². The third-order valence-electron chi connectivity index (χ3n) is 7.33. The molecule has 188 valence electrons. The predicted octanol–water partition coefficient (Wildman–Crippen LogP) is 3.20. The summed E-state index contributed by atoms with van der Waals surface area (Å²) in [5.41, 5.74) is 1.60. The van der Waals surface area contributed by atoms with Crippen molar-refractivity contribution in [2.45, 2.75) is 25.3 Å². The molecule has 0 spiro atoms. The Labute approximate surface area is 211 Å². The minimum absolute atomic E-state index is 0.260. The van der Waals surface area contributed by atoms with Crippen LogP contribution in [0.4, 0.5) is 0 Å². The Morgan fingerprint density at radius 2 is 1.97 bits per heavy atom. The molecule has 1 aromatic carbocycles. The lowest BCUT2D eigenvalue weighted by Crippen LogP contribution is -2.34. The molecule has 4 aromatic rings. The molecule has 2 aliphatic rings. The van der Waals surface area contributed by atoms with Gasteiger partial charge in [-0.05, 0) is 37.6 Å². The summed E-state index contributed by atoms with van der Waals surface area (Å²) >= 11 is 1.35. The summed E-state index contributed by atoms with van der Waals surface area (Å²) in [6, 6.07) is 9.61. The number of rotatable bonds is 7. The van der Waals surface area contributed by atoms with Crippen molar-refractivity contribution < 1.29 is 14.2 Å². The molecule has 2 atom stereocenters. The van der Waals surface area contributed by atoms with Crippen LogP contribution in [0.15, 0.2) is 39.9 Å². The van der Waals surface area contributed by atoms with E-state index in [2.05, 4.69) is 14.9 Å². The van der Waals surface area contributed by atoms with Gasteiger partial charge in [-0.2, -0.15) is 0 Å². The highest BCUT2D eigenvalue weighted by Gasteiger charge is 2.40. The topological polar surface area (TPSA) is 98.7 Å². The van der Waals surface area contributed by atoms with E-state index < -0.39 is 5.69 Å². The summed E-state index contributed by atoms with van der Waals surface area (Å²) in [5, 5.41) is 0. The molecule has 9 nitrogen and oxygen atoms in total. The van der Waals surface area contributed by atoms with Crippen LogP contribution in [0.1, 0.15) is 24.3 Å². The highest BCUT2D eigenvalue weighted by atomic mass is 32.1. The summed E-state index contributed by atoms with van der Waals surface area (Å²) in [6.45, 7) is 3.97. The number of unbranched alkanes of at least 4 members (excludes halogenated alkanes) is 1. The Hall–Kier alpha value is -3.37. The maximum atomic E-state index is 13.1. The summed E-state index contributed by atoms with van der Waals surface area (Å²) in [4.78, 5) is 35.6. The predicted molar refractivity (Wildman–Crippen MR) is 139 cm³/mol. The van der Waals surface area contributed by atoms with Gasteiger partial charge in [0.1, 0.15) is 21.7 Å². The van der Waals surface area contributed by atoms with E-state index in [4.69, 9.17) is 14.2 Å². The first-order valence-electron chi connectivity index (χ1n) is 12.2. The molecule has 1 saturated heterocycles. The van der Waals surface area contributed by atoms with Gasteiger partial charge in [-0.1, -0.05) is 6.07 Å². The molecule has 5 heterocycles. The molecule has 0 radical (unpaired) electrons. The van der Waals surface area contributed by atoms with Gasteiger partial charge in [0.15, 0.2) is 0 Å². The lowest BCUT2D eigenvalue weighted by atomic mass is 9.86. The zero-order valence-corrected chi connectivity index (χ0v) is 21.1. The van der Waals surface area contributed by atoms with Gasteiger partial charge in [0, 0.05) is 43.1 Å². The number of aromatic nitrogens is 3. The third kappa shape index (κ3) is 3.84. The van der Waals surface area contributed by atoms with Crippen LogP contribution in [0.5, 0.6) is 17.4 Å². The summed E-state index contributed by atoms with van der Waals surface area (Å²) in [6.07, 6.45) is 1.64. The average molecular weight is 509 g/mol. The fourth-order valence-corrected chi connectivity index (χ4v) is 6.61. The van der Waals surface area contributed by atoms with Gasteiger partial charge in [-0.15, -0.1) is 11.3 Å². The Balaban J connectivity index is 1.13. The van der Waals surface area contributed by atoms with Crippen LogP contribution in [0.25, 0.3) is 20.4 Å². The van der Waals surface area contributed by atoms with Crippen LogP contribution in [0.3, 0.4) is 0 Å². The fraction of sp³-hybridized carbons (Fsp3) is 0.423. The largest absolute Gasteiger partial charge is 0.496 e. The average Bonchev–Trinajstić information content (AvgIpc) is 3.48. The van der Waals surface area contributed by atoms with E-state index in [1.54, 1.807) is 13.2 Å². The van der Waals surface area contributed by atoms with Crippen molar-refractivity contribution >= 4 is 31.8 Å². The van der Waals surface area contributed by atoms with Crippen molar-refractivity contribution in [3.8, 4) is 17.4 Å². The van der Waals surface area contributed by atoms with Gasteiger partial charge in [-0.25, -0.2) is 9.78 Å². The Bertz CT molecular complexity index is 1540. The first-order valence-corrected chi connectivity index (χ1v) is 13.0. The molecule has 2 aliphatic heterocycles. The number of aromatic amines is 1. The van der Waals surface area contributed by atoms with Crippen LogP contribution in [-0.2, 0) is 6.54 Å². The lowest BCUT2D eigenvalue weighted by molar-refractivity contribution is 0.209. The normalized spacial score (nSPS) is 19.3.